The first-order valence-electron chi connectivity index (χ1n) is 9.80. The summed E-state index contributed by atoms with van der Waals surface area (Å²) in [4.78, 5) is 17.1. The molecule has 2 aromatic carbocycles. The van der Waals surface area contributed by atoms with Gasteiger partial charge in [-0.1, -0.05) is 6.07 Å². The Bertz CT molecular complexity index is 878. The number of rotatable bonds is 5. The number of piperazine rings is 1. The Hall–Kier alpha value is -2.93. The summed E-state index contributed by atoms with van der Waals surface area (Å²) >= 11 is 0. The molecule has 0 spiro atoms. The zero-order valence-corrected chi connectivity index (χ0v) is 16.8. The molecule has 29 heavy (non-hydrogen) atoms. The molecule has 1 fully saturated rings. The average Bonchev–Trinajstić information content (AvgIpc) is 2.78. The van der Waals surface area contributed by atoms with E-state index in [2.05, 4.69) is 4.90 Å². The van der Waals surface area contributed by atoms with Crippen LogP contribution < -0.4 is 18.9 Å². The zero-order chi connectivity index (χ0) is 20.2. The van der Waals surface area contributed by atoms with Crippen molar-refractivity contribution in [2.24, 2.45) is 0 Å². The van der Waals surface area contributed by atoms with Crippen molar-refractivity contribution in [2.45, 2.75) is 6.54 Å². The summed E-state index contributed by atoms with van der Waals surface area (Å²) in [5.74, 6) is 2.85. The molecule has 7 nitrogen and oxygen atoms in total. The normalized spacial score (nSPS) is 16.4. The Morgan fingerprint density at radius 1 is 0.897 bits per heavy atom. The molecule has 0 saturated carbocycles. The van der Waals surface area contributed by atoms with Crippen LogP contribution in [0, 0.1) is 0 Å². The van der Waals surface area contributed by atoms with E-state index in [9.17, 15) is 4.79 Å². The van der Waals surface area contributed by atoms with E-state index in [0.717, 1.165) is 36.7 Å². The summed E-state index contributed by atoms with van der Waals surface area (Å²) in [6.07, 6.45) is 0. The number of carbonyl (C=O) groups is 1. The topological polar surface area (TPSA) is 60.5 Å². The van der Waals surface area contributed by atoms with Gasteiger partial charge >= 0.3 is 0 Å². The fourth-order valence-corrected chi connectivity index (χ4v) is 3.71. The molecule has 154 valence electrons. The molecule has 2 heterocycles. The second kappa shape index (κ2) is 8.61. The van der Waals surface area contributed by atoms with Gasteiger partial charge in [0.05, 0.1) is 14.2 Å². The molecule has 0 aliphatic carbocycles. The first-order valence-corrected chi connectivity index (χ1v) is 9.80. The van der Waals surface area contributed by atoms with E-state index in [1.807, 2.05) is 35.2 Å². The number of nitrogens with zero attached hydrogens (tertiary/aromatic N) is 2. The molecule has 0 N–H and O–H groups in total. The number of fused-ring (bicyclic) bond motifs is 1. The van der Waals surface area contributed by atoms with Gasteiger partial charge in [-0.15, -0.1) is 0 Å². The summed E-state index contributed by atoms with van der Waals surface area (Å²) < 4.78 is 21.8. The highest BCUT2D eigenvalue weighted by Crippen LogP contribution is 2.31. The number of carbonyl (C=O) groups excluding carboxylic acids is 1. The maximum Gasteiger partial charge on any atom is 0.254 e. The van der Waals surface area contributed by atoms with Crippen molar-refractivity contribution in [3.63, 3.8) is 0 Å². The first-order chi connectivity index (χ1) is 14.2. The predicted octanol–water partition coefficient (Wildman–Crippen LogP) is 2.43. The quantitative estimate of drug-likeness (QED) is 0.771. The monoisotopic (exact) mass is 398 g/mol. The smallest absolute Gasteiger partial charge is 0.254 e. The number of benzene rings is 2. The van der Waals surface area contributed by atoms with E-state index in [-0.39, 0.29) is 5.91 Å². The minimum Gasteiger partial charge on any atom is -0.493 e. The standard InChI is InChI=1S/C22H26N2O5/c1-26-18-5-3-16(13-20(18)27-2)15-23-7-9-24(10-8-23)22(25)17-4-6-19-21(14-17)29-12-11-28-19/h3-6,13-14H,7-12,15H2,1-2H3. The van der Waals surface area contributed by atoms with Crippen LogP contribution in [-0.4, -0.2) is 69.3 Å². The van der Waals surface area contributed by atoms with Crippen molar-refractivity contribution in [2.75, 3.05) is 53.6 Å². The summed E-state index contributed by atoms with van der Waals surface area (Å²) in [5, 5.41) is 0. The van der Waals surface area contributed by atoms with Crippen molar-refractivity contribution in [3.05, 3.63) is 47.5 Å². The van der Waals surface area contributed by atoms with Gasteiger partial charge in [0.25, 0.3) is 5.91 Å². The van der Waals surface area contributed by atoms with Gasteiger partial charge in [0.2, 0.25) is 0 Å². The van der Waals surface area contributed by atoms with Crippen LogP contribution in [0.3, 0.4) is 0 Å². The molecule has 0 atom stereocenters. The van der Waals surface area contributed by atoms with Crippen LogP contribution in [0.15, 0.2) is 36.4 Å². The molecule has 4 rings (SSSR count). The van der Waals surface area contributed by atoms with E-state index < -0.39 is 0 Å². The van der Waals surface area contributed by atoms with Crippen LogP contribution in [-0.2, 0) is 6.54 Å². The van der Waals surface area contributed by atoms with E-state index in [1.54, 1.807) is 20.3 Å². The van der Waals surface area contributed by atoms with Crippen LogP contribution in [0.5, 0.6) is 23.0 Å². The number of amides is 1. The van der Waals surface area contributed by atoms with Crippen molar-refractivity contribution in [3.8, 4) is 23.0 Å². The predicted molar refractivity (Wildman–Crippen MR) is 108 cm³/mol. The molecule has 2 aliphatic heterocycles. The second-order valence-corrected chi connectivity index (χ2v) is 7.12. The van der Waals surface area contributed by atoms with Crippen LogP contribution in [0.25, 0.3) is 0 Å². The molecule has 2 aromatic rings. The largest absolute Gasteiger partial charge is 0.493 e. The highest BCUT2D eigenvalue weighted by Gasteiger charge is 2.24. The molecule has 7 heteroatoms. The molecular weight excluding hydrogens is 372 g/mol. The Morgan fingerprint density at radius 2 is 1.62 bits per heavy atom. The third-order valence-electron chi connectivity index (χ3n) is 5.30. The van der Waals surface area contributed by atoms with Gasteiger partial charge in [-0.25, -0.2) is 0 Å². The summed E-state index contributed by atoms with van der Waals surface area (Å²) in [6, 6.07) is 11.4. The molecule has 0 aromatic heterocycles. The van der Waals surface area contributed by atoms with E-state index >= 15 is 0 Å². The molecule has 1 amide bonds. The lowest BCUT2D eigenvalue weighted by Crippen LogP contribution is -2.48. The highest BCUT2D eigenvalue weighted by atomic mass is 16.6. The number of hydrogen-bond donors (Lipinski definition) is 0. The maximum atomic E-state index is 12.9. The minimum absolute atomic E-state index is 0.0349. The fraction of sp³-hybridized carbons (Fsp3) is 0.409. The molecule has 1 saturated heterocycles. The first kappa shape index (κ1) is 19.4. The number of hydrogen-bond acceptors (Lipinski definition) is 6. The van der Waals surface area contributed by atoms with Gasteiger partial charge in [0, 0.05) is 38.3 Å². The SMILES string of the molecule is COc1ccc(CN2CCN(C(=O)c3ccc4c(c3)OCCO4)CC2)cc1OC. The summed E-state index contributed by atoms with van der Waals surface area (Å²) in [5.41, 5.74) is 1.80. The number of ether oxygens (including phenoxy) is 4. The van der Waals surface area contributed by atoms with Gasteiger partial charge in [-0.05, 0) is 35.9 Å². The van der Waals surface area contributed by atoms with Gasteiger partial charge < -0.3 is 23.8 Å². The van der Waals surface area contributed by atoms with Crippen LogP contribution >= 0.6 is 0 Å². The molecular formula is C22H26N2O5. The van der Waals surface area contributed by atoms with Crippen molar-refractivity contribution < 1.29 is 23.7 Å². The molecule has 0 unspecified atom stereocenters. The fourth-order valence-electron chi connectivity index (χ4n) is 3.71. The van der Waals surface area contributed by atoms with Crippen molar-refractivity contribution in [1.29, 1.82) is 0 Å². The summed E-state index contributed by atoms with van der Waals surface area (Å²) in [6.45, 7) is 4.91. The Morgan fingerprint density at radius 3 is 2.34 bits per heavy atom. The minimum atomic E-state index is 0.0349. The molecule has 2 aliphatic rings. The number of methoxy groups -OCH3 is 2. The Balaban J connectivity index is 1.35. The van der Waals surface area contributed by atoms with Gasteiger partial charge in [-0.3, -0.25) is 9.69 Å². The van der Waals surface area contributed by atoms with Gasteiger partial charge in [-0.2, -0.15) is 0 Å². The van der Waals surface area contributed by atoms with Crippen LogP contribution in [0.2, 0.25) is 0 Å². The Kier molecular flexibility index (Phi) is 5.76. The van der Waals surface area contributed by atoms with Crippen LogP contribution in [0.4, 0.5) is 0 Å². The second-order valence-electron chi connectivity index (χ2n) is 7.12. The van der Waals surface area contributed by atoms with Gasteiger partial charge in [0.1, 0.15) is 13.2 Å². The Labute approximate surface area is 170 Å². The van der Waals surface area contributed by atoms with Crippen molar-refractivity contribution >= 4 is 5.91 Å². The maximum absolute atomic E-state index is 12.9. The third kappa shape index (κ3) is 4.24. The van der Waals surface area contributed by atoms with Gasteiger partial charge in [0.15, 0.2) is 23.0 Å². The highest BCUT2D eigenvalue weighted by molar-refractivity contribution is 5.95. The average molecular weight is 398 g/mol. The lowest BCUT2D eigenvalue weighted by Gasteiger charge is -2.35. The van der Waals surface area contributed by atoms with E-state index in [4.69, 9.17) is 18.9 Å². The lowest BCUT2D eigenvalue weighted by atomic mass is 10.1. The third-order valence-corrected chi connectivity index (χ3v) is 5.30. The molecule has 0 bridgehead atoms. The van der Waals surface area contributed by atoms with Crippen molar-refractivity contribution in [1.82, 2.24) is 9.80 Å². The summed E-state index contributed by atoms with van der Waals surface area (Å²) in [7, 11) is 3.28. The zero-order valence-electron chi connectivity index (χ0n) is 16.8. The van der Waals surface area contributed by atoms with E-state index in [0.29, 0.717) is 43.4 Å². The van der Waals surface area contributed by atoms with E-state index in [1.165, 1.54) is 0 Å². The lowest BCUT2D eigenvalue weighted by molar-refractivity contribution is 0.0627. The van der Waals surface area contributed by atoms with Crippen LogP contribution in [0.1, 0.15) is 15.9 Å². The molecule has 0 radical (unpaired) electrons.